The minimum atomic E-state index is -1.25. The van der Waals surface area contributed by atoms with Crippen LogP contribution in [0.1, 0.15) is 36.1 Å². The van der Waals surface area contributed by atoms with E-state index in [0.29, 0.717) is 23.4 Å². The molecule has 2 aliphatic heterocycles. The van der Waals surface area contributed by atoms with Gasteiger partial charge in [-0.3, -0.25) is 14.4 Å². The maximum atomic E-state index is 13.3. The molecular formula is C23H20N2O5. The molecule has 2 aromatic heterocycles. The van der Waals surface area contributed by atoms with Crippen LogP contribution in [0, 0.1) is 6.92 Å². The van der Waals surface area contributed by atoms with Crippen molar-refractivity contribution in [2.75, 3.05) is 6.61 Å². The molecule has 0 aliphatic carbocycles. The van der Waals surface area contributed by atoms with Gasteiger partial charge in [0, 0.05) is 17.9 Å². The number of carbonyl (C=O) groups is 2. The Kier molecular flexibility index (Phi) is 3.87. The van der Waals surface area contributed by atoms with Gasteiger partial charge in [0.25, 0.3) is 5.56 Å². The second-order valence-corrected chi connectivity index (χ2v) is 8.14. The number of cyclic esters (lactones) is 1. The number of hydrogen-bond donors (Lipinski definition) is 0. The normalized spacial score (nSPS) is 19.1. The molecule has 0 N–H and O–H groups in total. The third-order valence-corrected chi connectivity index (χ3v) is 6.08. The number of ether oxygens (including phenoxy) is 2. The highest BCUT2D eigenvalue weighted by atomic mass is 16.6. The molecule has 152 valence electrons. The Labute approximate surface area is 172 Å². The van der Waals surface area contributed by atoms with Gasteiger partial charge in [0.05, 0.1) is 29.0 Å². The maximum absolute atomic E-state index is 13.3. The average molecular weight is 404 g/mol. The van der Waals surface area contributed by atoms with Gasteiger partial charge in [-0.2, -0.15) is 0 Å². The predicted octanol–water partition coefficient (Wildman–Crippen LogP) is 2.61. The molecule has 0 amide bonds. The van der Waals surface area contributed by atoms with Gasteiger partial charge in [-0.1, -0.05) is 12.1 Å². The zero-order valence-corrected chi connectivity index (χ0v) is 16.9. The summed E-state index contributed by atoms with van der Waals surface area (Å²) in [5.41, 5.74) is 3.85. The van der Waals surface area contributed by atoms with Crippen molar-refractivity contribution in [3.63, 3.8) is 0 Å². The fraction of sp³-hybridized carbons (Fsp3) is 0.304. The number of fused-ring (bicyclic) bond motifs is 5. The van der Waals surface area contributed by atoms with Crippen molar-refractivity contribution in [3.05, 3.63) is 62.9 Å². The Balaban J connectivity index is 1.73. The van der Waals surface area contributed by atoms with Gasteiger partial charge in [-0.15, -0.1) is 0 Å². The average Bonchev–Trinajstić information content (AvgIpc) is 3.07. The Morgan fingerprint density at radius 3 is 2.87 bits per heavy atom. The van der Waals surface area contributed by atoms with Crippen molar-refractivity contribution in [2.45, 2.75) is 39.3 Å². The number of rotatable bonds is 2. The Morgan fingerprint density at radius 1 is 1.30 bits per heavy atom. The molecule has 0 spiro atoms. The van der Waals surface area contributed by atoms with E-state index in [1.807, 2.05) is 31.2 Å². The first-order valence-electron chi connectivity index (χ1n) is 9.77. The van der Waals surface area contributed by atoms with Crippen LogP contribution >= 0.6 is 0 Å². The van der Waals surface area contributed by atoms with Crippen LogP contribution in [0.25, 0.3) is 22.3 Å². The van der Waals surface area contributed by atoms with Crippen molar-refractivity contribution in [1.29, 1.82) is 0 Å². The number of carbonyl (C=O) groups excluding carboxylic acids is 2. The summed E-state index contributed by atoms with van der Waals surface area (Å²) < 4.78 is 12.1. The van der Waals surface area contributed by atoms with Crippen molar-refractivity contribution in [1.82, 2.24) is 9.55 Å². The fourth-order valence-corrected chi connectivity index (χ4v) is 4.36. The van der Waals surface area contributed by atoms with Gasteiger partial charge >= 0.3 is 11.9 Å². The summed E-state index contributed by atoms with van der Waals surface area (Å²) in [5, 5.41) is 1.06. The highest BCUT2D eigenvalue weighted by Crippen LogP contribution is 2.38. The molecule has 7 heteroatoms. The van der Waals surface area contributed by atoms with E-state index in [0.717, 1.165) is 27.7 Å². The molecule has 0 radical (unpaired) electrons. The molecule has 7 nitrogen and oxygen atoms in total. The summed E-state index contributed by atoms with van der Waals surface area (Å²) in [6.45, 7) is 5.10. The van der Waals surface area contributed by atoms with Crippen LogP contribution < -0.4 is 5.56 Å². The quantitative estimate of drug-likeness (QED) is 0.477. The zero-order chi connectivity index (χ0) is 21.2. The van der Waals surface area contributed by atoms with Crippen LogP contribution in [-0.4, -0.2) is 28.1 Å². The summed E-state index contributed by atoms with van der Waals surface area (Å²) in [6.07, 6.45) is 0. The number of nitrogens with zero attached hydrogens (tertiary/aromatic N) is 2. The minimum Gasteiger partial charge on any atom is -0.464 e. The lowest BCUT2D eigenvalue weighted by atomic mass is 9.79. The summed E-state index contributed by atoms with van der Waals surface area (Å²) in [6, 6.07) is 9.86. The molecule has 4 heterocycles. The summed E-state index contributed by atoms with van der Waals surface area (Å²) in [7, 11) is 0. The SMILES string of the molecule is CC(=O)OC[C@@]1(C)C(=O)OCc2c1cc1n(c2=O)Cc2cc3c(C)cccc3nc2-1. The first-order valence-corrected chi connectivity index (χ1v) is 9.77. The van der Waals surface area contributed by atoms with Gasteiger partial charge in [-0.25, -0.2) is 4.98 Å². The number of pyridine rings is 2. The highest BCUT2D eigenvalue weighted by Gasteiger charge is 2.45. The second-order valence-electron chi connectivity index (χ2n) is 8.14. The Hall–Kier alpha value is -3.48. The van der Waals surface area contributed by atoms with Gasteiger partial charge in [0.15, 0.2) is 0 Å². The van der Waals surface area contributed by atoms with E-state index in [-0.39, 0.29) is 18.8 Å². The molecule has 5 rings (SSSR count). The third kappa shape index (κ3) is 2.51. The summed E-state index contributed by atoms with van der Waals surface area (Å²) in [4.78, 5) is 42.1. The van der Waals surface area contributed by atoms with Crippen LogP contribution in [0.3, 0.4) is 0 Å². The van der Waals surface area contributed by atoms with E-state index < -0.39 is 17.4 Å². The number of esters is 2. The largest absolute Gasteiger partial charge is 0.464 e. The minimum absolute atomic E-state index is 0.0895. The maximum Gasteiger partial charge on any atom is 0.320 e. The molecule has 1 aromatic carbocycles. The van der Waals surface area contributed by atoms with Crippen LogP contribution in [0.15, 0.2) is 35.1 Å². The summed E-state index contributed by atoms with van der Waals surface area (Å²) in [5.74, 6) is -1.01. The summed E-state index contributed by atoms with van der Waals surface area (Å²) >= 11 is 0. The highest BCUT2D eigenvalue weighted by molar-refractivity contribution is 5.88. The lowest BCUT2D eigenvalue weighted by Gasteiger charge is -2.33. The Bertz CT molecular complexity index is 1320. The number of benzene rings is 1. The monoisotopic (exact) mass is 404 g/mol. The van der Waals surface area contributed by atoms with Crippen molar-refractivity contribution in [2.24, 2.45) is 0 Å². The standard InChI is InChI=1S/C23H20N2O5/c1-12-5-4-6-18-15(12)7-14-9-25-19(20(14)24-18)8-17-16(21(25)27)10-29-22(28)23(17,3)11-30-13(2)26/h4-8H,9-11H2,1-3H3/t23-/m1/s1. The van der Waals surface area contributed by atoms with Gasteiger partial charge in [0.1, 0.15) is 18.6 Å². The van der Waals surface area contributed by atoms with E-state index >= 15 is 0 Å². The molecule has 2 aliphatic rings. The number of aromatic nitrogens is 2. The van der Waals surface area contributed by atoms with E-state index in [1.165, 1.54) is 6.92 Å². The second kappa shape index (κ2) is 6.26. The van der Waals surface area contributed by atoms with Crippen molar-refractivity contribution >= 4 is 22.8 Å². The first kappa shape index (κ1) is 18.5. The molecule has 0 bridgehead atoms. The van der Waals surface area contributed by atoms with Crippen molar-refractivity contribution < 1.29 is 19.1 Å². The van der Waals surface area contributed by atoms with Crippen molar-refractivity contribution in [3.8, 4) is 11.4 Å². The van der Waals surface area contributed by atoms with E-state index in [2.05, 4.69) is 6.07 Å². The van der Waals surface area contributed by atoms with Crippen LogP contribution in [-0.2, 0) is 37.6 Å². The molecule has 0 saturated carbocycles. The topological polar surface area (TPSA) is 87.5 Å². The third-order valence-electron chi connectivity index (χ3n) is 6.08. The van der Waals surface area contributed by atoms with E-state index in [4.69, 9.17) is 14.5 Å². The van der Waals surface area contributed by atoms with E-state index in [9.17, 15) is 14.4 Å². The predicted molar refractivity (Wildman–Crippen MR) is 109 cm³/mol. The molecule has 0 unspecified atom stereocenters. The molecule has 30 heavy (non-hydrogen) atoms. The smallest absolute Gasteiger partial charge is 0.320 e. The lowest BCUT2D eigenvalue weighted by Crippen LogP contribution is -2.46. The van der Waals surface area contributed by atoms with Gasteiger partial charge in [0.2, 0.25) is 0 Å². The fourth-order valence-electron chi connectivity index (χ4n) is 4.36. The molecule has 0 saturated heterocycles. The first-order chi connectivity index (χ1) is 14.3. The molecule has 3 aromatic rings. The van der Waals surface area contributed by atoms with E-state index in [1.54, 1.807) is 11.5 Å². The lowest BCUT2D eigenvalue weighted by molar-refractivity contribution is -0.159. The molecule has 0 fully saturated rings. The molecular weight excluding hydrogens is 384 g/mol. The molecule has 1 atom stereocenters. The van der Waals surface area contributed by atoms with Crippen LogP contribution in [0.2, 0.25) is 0 Å². The van der Waals surface area contributed by atoms with Gasteiger partial charge in [-0.05, 0) is 43.2 Å². The number of aryl methyl sites for hydroxylation is 1. The van der Waals surface area contributed by atoms with Crippen LogP contribution in [0.4, 0.5) is 0 Å². The Morgan fingerprint density at radius 2 is 2.10 bits per heavy atom. The zero-order valence-electron chi connectivity index (χ0n) is 16.9. The number of hydrogen-bond acceptors (Lipinski definition) is 6. The van der Waals surface area contributed by atoms with Gasteiger partial charge < -0.3 is 14.0 Å². The van der Waals surface area contributed by atoms with Crippen LogP contribution in [0.5, 0.6) is 0 Å².